The first-order chi connectivity index (χ1) is 7.06. The Morgan fingerprint density at radius 1 is 0.933 bits per heavy atom. The van der Waals surface area contributed by atoms with Crippen LogP contribution in [0.25, 0.3) is 0 Å². The fourth-order valence-corrected chi connectivity index (χ4v) is 4.23. The van der Waals surface area contributed by atoms with Crippen LogP contribution in [0.3, 0.4) is 0 Å². The van der Waals surface area contributed by atoms with Crippen LogP contribution < -0.4 is 0 Å². The van der Waals surface area contributed by atoms with Crippen LogP contribution >= 0.6 is 12.6 Å². The van der Waals surface area contributed by atoms with Gasteiger partial charge in [0.05, 0.1) is 0 Å². The SMILES string of the molecule is CC1CCCC(S)(C2(C)CCCC2)CC1. The highest BCUT2D eigenvalue weighted by Crippen LogP contribution is 2.55. The summed E-state index contributed by atoms with van der Waals surface area (Å²) >= 11 is 5.14. The normalized spacial score (nSPS) is 41.4. The monoisotopic (exact) mass is 226 g/mol. The summed E-state index contributed by atoms with van der Waals surface area (Å²) in [7, 11) is 0. The third kappa shape index (κ3) is 2.23. The lowest BCUT2D eigenvalue weighted by Gasteiger charge is -2.43. The Kier molecular flexibility index (Phi) is 3.40. The van der Waals surface area contributed by atoms with E-state index in [-0.39, 0.29) is 0 Å². The second kappa shape index (κ2) is 4.31. The van der Waals surface area contributed by atoms with E-state index in [4.69, 9.17) is 12.6 Å². The molecule has 0 heterocycles. The van der Waals surface area contributed by atoms with Crippen molar-refractivity contribution in [1.82, 2.24) is 0 Å². The largest absolute Gasteiger partial charge is 0.172 e. The lowest BCUT2D eigenvalue weighted by atomic mass is 9.71. The molecule has 0 aliphatic heterocycles. The Bertz CT molecular complexity index is 217. The Morgan fingerprint density at radius 2 is 1.60 bits per heavy atom. The maximum absolute atomic E-state index is 5.14. The van der Waals surface area contributed by atoms with Crippen molar-refractivity contribution >= 4 is 12.6 Å². The second-order valence-corrected chi connectivity index (χ2v) is 7.19. The molecule has 0 bridgehead atoms. The standard InChI is InChI=1S/C14H26S/c1-12-6-5-10-14(15,11-7-12)13(2)8-3-4-9-13/h12,15H,3-11H2,1-2H3. The molecule has 2 aliphatic carbocycles. The van der Waals surface area contributed by atoms with Crippen LogP contribution in [0.1, 0.15) is 71.6 Å². The smallest absolute Gasteiger partial charge is 0.0183 e. The number of hydrogen-bond acceptors (Lipinski definition) is 1. The second-order valence-electron chi connectivity index (χ2n) is 6.34. The predicted molar refractivity (Wildman–Crippen MR) is 70.5 cm³/mol. The molecule has 0 nitrogen and oxygen atoms in total. The number of rotatable bonds is 1. The molecule has 0 amide bonds. The molecule has 88 valence electrons. The summed E-state index contributed by atoms with van der Waals surface area (Å²) in [6, 6.07) is 0. The van der Waals surface area contributed by atoms with Gasteiger partial charge in [0.15, 0.2) is 0 Å². The number of hydrogen-bond donors (Lipinski definition) is 1. The summed E-state index contributed by atoms with van der Waals surface area (Å²) in [5.74, 6) is 0.934. The summed E-state index contributed by atoms with van der Waals surface area (Å²) < 4.78 is 0.355. The quantitative estimate of drug-likeness (QED) is 0.480. The zero-order valence-corrected chi connectivity index (χ0v) is 11.3. The molecular weight excluding hydrogens is 200 g/mol. The van der Waals surface area contributed by atoms with Crippen LogP contribution in [0, 0.1) is 11.3 Å². The zero-order chi connectivity index (χ0) is 10.9. The van der Waals surface area contributed by atoms with Crippen molar-refractivity contribution in [2.75, 3.05) is 0 Å². The van der Waals surface area contributed by atoms with Crippen molar-refractivity contribution in [3.63, 3.8) is 0 Å². The van der Waals surface area contributed by atoms with E-state index in [0.29, 0.717) is 10.2 Å². The minimum Gasteiger partial charge on any atom is -0.172 e. The third-order valence-electron chi connectivity index (χ3n) is 5.17. The lowest BCUT2D eigenvalue weighted by molar-refractivity contribution is 0.208. The van der Waals surface area contributed by atoms with E-state index >= 15 is 0 Å². The van der Waals surface area contributed by atoms with Gasteiger partial charge in [-0.05, 0) is 43.4 Å². The van der Waals surface area contributed by atoms with Crippen LogP contribution in [-0.4, -0.2) is 4.75 Å². The molecule has 2 atom stereocenters. The van der Waals surface area contributed by atoms with Crippen molar-refractivity contribution in [3.05, 3.63) is 0 Å². The fraction of sp³-hybridized carbons (Fsp3) is 1.00. The average Bonchev–Trinajstić information content (AvgIpc) is 2.56. The van der Waals surface area contributed by atoms with E-state index in [0.717, 1.165) is 5.92 Å². The molecule has 0 aromatic heterocycles. The lowest BCUT2D eigenvalue weighted by Crippen LogP contribution is -2.39. The van der Waals surface area contributed by atoms with Gasteiger partial charge in [-0.15, -0.1) is 0 Å². The minimum atomic E-state index is 0.355. The van der Waals surface area contributed by atoms with Gasteiger partial charge in [-0.25, -0.2) is 0 Å². The Balaban J connectivity index is 2.10. The van der Waals surface area contributed by atoms with Crippen LogP contribution in [0.5, 0.6) is 0 Å². The van der Waals surface area contributed by atoms with Gasteiger partial charge in [0.2, 0.25) is 0 Å². The molecule has 0 radical (unpaired) electrons. The van der Waals surface area contributed by atoms with E-state index in [9.17, 15) is 0 Å². The molecule has 0 aromatic carbocycles. The third-order valence-corrected chi connectivity index (χ3v) is 6.16. The molecule has 0 saturated heterocycles. The van der Waals surface area contributed by atoms with Gasteiger partial charge in [-0.2, -0.15) is 12.6 Å². The van der Waals surface area contributed by atoms with Crippen molar-refractivity contribution in [2.45, 2.75) is 76.4 Å². The topological polar surface area (TPSA) is 0 Å². The molecule has 0 spiro atoms. The molecular formula is C14H26S. The van der Waals surface area contributed by atoms with Crippen molar-refractivity contribution in [2.24, 2.45) is 11.3 Å². The summed E-state index contributed by atoms with van der Waals surface area (Å²) in [6.45, 7) is 4.92. The van der Waals surface area contributed by atoms with Crippen LogP contribution in [0.4, 0.5) is 0 Å². The van der Waals surface area contributed by atoms with Crippen molar-refractivity contribution < 1.29 is 0 Å². The van der Waals surface area contributed by atoms with Crippen LogP contribution in [0.15, 0.2) is 0 Å². The fourth-order valence-electron chi connectivity index (χ4n) is 3.72. The van der Waals surface area contributed by atoms with Crippen LogP contribution in [-0.2, 0) is 0 Å². The van der Waals surface area contributed by atoms with E-state index < -0.39 is 0 Å². The highest BCUT2D eigenvalue weighted by atomic mass is 32.1. The first kappa shape index (κ1) is 11.8. The van der Waals surface area contributed by atoms with Crippen molar-refractivity contribution in [1.29, 1.82) is 0 Å². The highest BCUT2D eigenvalue weighted by molar-refractivity contribution is 7.81. The average molecular weight is 226 g/mol. The minimum absolute atomic E-state index is 0.355. The Labute approximate surface area is 101 Å². The Hall–Kier alpha value is 0.350. The van der Waals surface area contributed by atoms with Gasteiger partial charge in [-0.3, -0.25) is 0 Å². The maximum atomic E-state index is 5.14. The zero-order valence-electron chi connectivity index (χ0n) is 10.4. The van der Waals surface area contributed by atoms with Gasteiger partial charge in [0.25, 0.3) is 0 Å². The molecule has 2 saturated carbocycles. The van der Waals surface area contributed by atoms with Gasteiger partial charge >= 0.3 is 0 Å². The Morgan fingerprint density at radius 3 is 2.27 bits per heavy atom. The maximum Gasteiger partial charge on any atom is 0.0183 e. The first-order valence-corrected chi connectivity index (χ1v) is 7.23. The molecule has 2 unspecified atom stereocenters. The molecule has 2 aliphatic rings. The predicted octanol–water partition coefficient (Wildman–Crippen LogP) is 4.84. The summed E-state index contributed by atoms with van der Waals surface area (Å²) in [5.41, 5.74) is 0.542. The molecule has 0 N–H and O–H groups in total. The van der Waals surface area contributed by atoms with Gasteiger partial charge in [0.1, 0.15) is 0 Å². The summed E-state index contributed by atoms with van der Waals surface area (Å²) in [6.07, 6.45) is 12.7. The summed E-state index contributed by atoms with van der Waals surface area (Å²) in [5, 5.41) is 0. The van der Waals surface area contributed by atoms with Gasteiger partial charge in [0, 0.05) is 4.75 Å². The summed E-state index contributed by atoms with van der Waals surface area (Å²) in [4.78, 5) is 0. The van der Waals surface area contributed by atoms with E-state index in [1.165, 1.54) is 57.8 Å². The first-order valence-electron chi connectivity index (χ1n) is 6.78. The van der Waals surface area contributed by atoms with Crippen LogP contribution in [0.2, 0.25) is 0 Å². The molecule has 15 heavy (non-hydrogen) atoms. The molecule has 2 rings (SSSR count). The number of thiol groups is 1. The molecule has 2 fully saturated rings. The van der Waals surface area contributed by atoms with E-state index in [1.807, 2.05) is 0 Å². The molecule has 0 aromatic rings. The van der Waals surface area contributed by atoms with Gasteiger partial charge in [-0.1, -0.05) is 39.5 Å². The van der Waals surface area contributed by atoms with Crippen molar-refractivity contribution in [3.8, 4) is 0 Å². The molecule has 1 heteroatoms. The van der Waals surface area contributed by atoms with E-state index in [1.54, 1.807) is 0 Å². The van der Waals surface area contributed by atoms with Gasteiger partial charge < -0.3 is 0 Å². The van der Waals surface area contributed by atoms with E-state index in [2.05, 4.69) is 13.8 Å². The highest BCUT2D eigenvalue weighted by Gasteiger charge is 2.46.